The molecule has 5 nitrogen and oxygen atoms in total. The first-order chi connectivity index (χ1) is 11.0. The lowest BCUT2D eigenvalue weighted by molar-refractivity contribution is -0.384. The quantitative estimate of drug-likeness (QED) is 0.502. The third-order valence-corrected chi connectivity index (χ3v) is 3.42. The van der Waals surface area contributed by atoms with Crippen molar-refractivity contribution in [1.82, 2.24) is 0 Å². The Balaban J connectivity index is 1.96. The summed E-state index contributed by atoms with van der Waals surface area (Å²) in [6, 6.07) is 13.3. The van der Waals surface area contributed by atoms with Crippen LogP contribution in [0.25, 0.3) is 6.08 Å². The minimum Gasteiger partial charge on any atom is -0.388 e. The van der Waals surface area contributed by atoms with Crippen molar-refractivity contribution in [2.75, 3.05) is 0 Å². The molecule has 0 aromatic heterocycles. The normalized spacial score (nSPS) is 12.3. The van der Waals surface area contributed by atoms with E-state index in [1.807, 2.05) is 31.2 Å². The van der Waals surface area contributed by atoms with Crippen molar-refractivity contribution in [2.45, 2.75) is 19.4 Å². The number of hydrogen-bond acceptors (Lipinski definition) is 4. The van der Waals surface area contributed by atoms with Gasteiger partial charge < -0.3 is 5.11 Å². The van der Waals surface area contributed by atoms with E-state index < -0.39 is 11.0 Å². The number of nitro benzene ring substituents is 1. The van der Waals surface area contributed by atoms with Crippen LogP contribution in [0.1, 0.15) is 29.2 Å². The molecule has 1 atom stereocenters. The van der Waals surface area contributed by atoms with Crippen LogP contribution in [0.2, 0.25) is 0 Å². The lowest BCUT2D eigenvalue weighted by Gasteiger charge is -2.08. The molecular formula is C18H17NO4. The third-order valence-electron chi connectivity index (χ3n) is 3.42. The predicted octanol–water partition coefficient (Wildman–Crippen LogP) is 3.61. The van der Waals surface area contributed by atoms with Crippen LogP contribution >= 0.6 is 0 Å². The molecule has 1 N–H and O–H groups in total. The molecule has 0 aliphatic heterocycles. The number of aryl methyl sites for hydroxylation is 1. The van der Waals surface area contributed by atoms with Gasteiger partial charge in [0.2, 0.25) is 0 Å². The lowest BCUT2D eigenvalue weighted by atomic mass is 10.0. The maximum atomic E-state index is 11.9. The average molecular weight is 311 g/mol. The highest BCUT2D eigenvalue weighted by Crippen LogP contribution is 2.20. The first kappa shape index (κ1) is 16.6. The summed E-state index contributed by atoms with van der Waals surface area (Å²) in [6.45, 7) is 1.99. The highest BCUT2D eigenvalue weighted by atomic mass is 16.6. The monoisotopic (exact) mass is 311 g/mol. The Labute approximate surface area is 134 Å². The van der Waals surface area contributed by atoms with E-state index in [2.05, 4.69) is 0 Å². The molecule has 0 aliphatic carbocycles. The Morgan fingerprint density at radius 1 is 1.17 bits per heavy atom. The van der Waals surface area contributed by atoms with Crippen molar-refractivity contribution in [3.63, 3.8) is 0 Å². The van der Waals surface area contributed by atoms with Crippen molar-refractivity contribution in [3.8, 4) is 0 Å². The van der Waals surface area contributed by atoms with Gasteiger partial charge in [-0.1, -0.05) is 35.9 Å². The Bertz CT molecular complexity index is 718. The van der Waals surface area contributed by atoms with Crippen LogP contribution in [-0.4, -0.2) is 15.8 Å². The van der Waals surface area contributed by atoms with Gasteiger partial charge in [-0.3, -0.25) is 14.9 Å². The molecule has 0 heterocycles. The molecule has 2 aromatic carbocycles. The van der Waals surface area contributed by atoms with Crippen LogP contribution in [-0.2, 0) is 4.79 Å². The number of carbonyl (C=O) groups excluding carboxylic acids is 1. The van der Waals surface area contributed by atoms with E-state index in [9.17, 15) is 20.0 Å². The van der Waals surface area contributed by atoms with Gasteiger partial charge in [-0.2, -0.15) is 0 Å². The maximum Gasteiger partial charge on any atom is 0.269 e. The third kappa shape index (κ3) is 4.86. The van der Waals surface area contributed by atoms with Crippen LogP contribution in [0.15, 0.2) is 54.6 Å². The summed E-state index contributed by atoms with van der Waals surface area (Å²) < 4.78 is 0. The van der Waals surface area contributed by atoms with Crippen LogP contribution in [0.5, 0.6) is 0 Å². The van der Waals surface area contributed by atoms with Gasteiger partial charge in [0.1, 0.15) is 0 Å². The van der Waals surface area contributed by atoms with E-state index in [0.717, 1.165) is 11.1 Å². The Morgan fingerprint density at radius 3 is 2.35 bits per heavy atom. The first-order valence-corrected chi connectivity index (χ1v) is 7.15. The first-order valence-electron chi connectivity index (χ1n) is 7.15. The zero-order valence-corrected chi connectivity index (χ0v) is 12.7. The molecule has 0 aliphatic rings. The average Bonchev–Trinajstić information content (AvgIpc) is 2.54. The molecule has 0 bridgehead atoms. The molecule has 0 amide bonds. The molecular weight excluding hydrogens is 294 g/mol. The van der Waals surface area contributed by atoms with Crippen molar-refractivity contribution >= 4 is 17.5 Å². The lowest BCUT2D eigenvalue weighted by Crippen LogP contribution is -2.04. The summed E-state index contributed by atoms with van der Waals surface area (Å²) in [4.78, 5) is 22.0. The van der Waals surface area contributed by atoms with Crippen LogP contribution in [0.4, 0.5) is 5.69 Å². The van der Waals surface area contributed by atoms with Crippen molar-refractivity contribution < 1.29 is 14.8 Å². The van der Waals surface area contributed by atoms with Gasteiger partial charge in [-0.25, -0.2) is 0 Å². The van der Waals surface area contributed by atoms with E-state index in [4.69, 9.17) is 0 Å². The fraction of sp³-hybridized carbons (Fsp3) is 0.167. The summed E-state index contributed by atoms with van der Waals surface area (Å²) >= 11 is 0. The zero-order valence-electron chi connectivity index (χ0n) is 12.7. The highest BCUT2D eigenvalue weighted by Gasteiger charge is 2.13. The smallest absolute Gasteiger partial charge is 0.269 e. The minimum atomic E-state index is -0.981. The van der Waals surface area contributed by atoms with Gasteiger partial charge in [-0.05, 0) is 36.3 Å². The number of nitrogens with zero attached hydrogens (tertiary/aromatic N) is 1. The molecule has 0 fully saturated rings. The van der Waals surface area contributed by atoms with Gasteiger partial charge in [0.25, 0.3) is 5.69 Å². The van der Waals surface area contributed by atoms with E-state index in [0.29, 0.717) is 5.56 Å². The standard InChI is InChI=1S/C18H17NO4/c1-13-2-4-14(5-3-13)6-11-17(20)12-18(21)15-7-9-16(10-8-15)19(22)23/h2-11,18,21H,12H2,1H3/b11-6+. The molecule has 23 heavy (non-hydrogen) atoms. The summed E-state index contributed by atoms with van der Waals surface area (Å²) in [5.74, 6) is -0.212. The number of benzene rings is 2. The molecule has 2 aromatic rings. The van der Waals surface area contributed by atoms with Crippen LogP contribution < -0.4 is 0 Å². The molecule has 2 rings (SSSR count). The molecule has 5 heteroatoms. The highest BCUT2D eigenvalue weighted by molar-refractivity contribution is 5.93. The number of hydrogen-bond donors (Lipinski definition) is 1. The minimum absolute atomic E-state index is 0.0495. The topological polar surface area (TPSA) is 80.4 Å². The number of carbonyl (C=O) groups is 1. The summed E-state index contributed by atoms with van der Waals surface area (Å²) in [5, 5.41) is 20.6. The SMILES string of the molecule is Cc1ccc(/C=C/C(=O)CC(O)c2ccc([N+](=O)[O-])cc2)cc1. The number of allylic oxidation sites excluding steroid dienone is 1. The second kappa shape index (κ2) is 7.47. The molecule has 0 radical (unpaired) electrons. The van der Waals surface area contributed by atoms with E-state index in [1.54, 1.807) is 6.08 Å². The van der Waals surface area contributed by atoms with Crippen LogP contribution in [0.3, 0.4) is 0 Å². The van der Waals surface area contributed by atoms with E-state index >= 15 is 0 Å². The fourth-order valence-corrected chi connectivity index (χ4v) is 2.06. The molecule has 0 saturated carbocycles. The number of aliphatic hydroxyl groups excluding tert-OH is 1. The predicted molar refractivity (Wildman–Crippen MR) is 87.9 cm³/mol. The summed E-state index contributed by atoms with van der Waals surface area (Å²) in [5.41, 5.74) is 2.48. The summed E-state index contributed by atoms with van der Waals surface area (Å²) in [6.07, 6.45) is 2.08. The van der Waals surface area contributed by atoms with E-state index in [1.165, 1.54) is 30.3 Å². The molecule has 0 spiro atoms. The van der Waals surface area contributed by atoms with Gasteiger partial charge in [0.15, 0.2) is 5.78 Å². The zero-order chi connectivity index (χ0) is 16.8. The van der Waals surface area contributed by atoms with Gasteiger partial charge >= 0.3 is 0 Å². The fourth-order valence-electron chi connectivity index (χ4n) is 2.06. The largest absolute Gasteiger partial charge is 0.388 e. The Hall–Kier alpha value is -2.79. The number of rotatable bonds is 6. The van der Waals surface area contributed by atoms with Crippen LogP contribution in [0, 0.1) is 17.0 Å². The summed E-state index contributed by atoms with van der Waals surface area (Å²) in [7, 11) is 0. The number of non-ortho nitro benzene ring substituents is 1. The molecule has 0 saturated heterocycles. The molecule has 1 unspecified atom stereocenters. The van der Waals surface area contributed by atoms with Gasteiger partial charge in [0, 0.05) is 18.6 Å². The number of aliphatic hydroxyl groups is 1. The number of nitro groups is 1. The van der Waals surface area contributed by atoms with Gasteiger partial charge in [-0.15, -0.1) is 0 Å². The Kier molecular flexibility index (Phi) is 5.38. The molecule has 118 valence electrons. The van der Waals surface area contributed by atoms with Crippen molar-refractivity contribution in [1.29, 1.82) is 0 Å². The Morgan fingerprint density at radius 2 is 1.78 bits per heavy atom. The van der Waals surface area contributed by atoms with Crippen molar-refractivity contribution in [2.24, 2.45) is 0 Å². The second-order valence-corrected chi connectivity index (χ2v) is 5.28. The second-order valence-electron chi connectivity index (χ2n) is 5.28. The van der Waals surface area contributed by atoms with Gasteiger partial charge in [0.05, 0.1) is 11.0 Å². The number of ketones is 1. The van der Waals surface area contributed by atoms with E-state index in [-0.39, 0.29) is 17.9 Å². The maximum absolute atomic E-state index is 11.9. The van der Waals surface area contributed by atoms with Crippen molar-refractivity contribution in [3.05, 3.63) is 81.4 Å².